The average molecular weight is 525 g/mol. The minimum Gasteiger partial charge on any atom is -0.493 e. The fourth-order valence-electron chi connectivity index (χ4n) is 5.22. The lowest BCUT2D eigenvalue weighted by atomic mass is 9.93. The Kier molecular flexibility index (Phi) is 9.59. The standard InChI is InChI=1S/C34H40N2O3/c1-6-38-32(37)14-8-7-11-19-39-31-13-10-9-12-30(31)23-36-27(5)22-35-34(36)29-17-15-28(16-18-29)33-25(3)20-24(2)21-26(33)4/h9-10,12-13,15-18,20-22H,6-8,11,14,19,23H2,1-5H3. The van der Waals surface area contributed by atoms with Crippen LogP contribution in [0.4, 0.5) is 0 Å². The summed E-state index contributed by atoms with van der Waals surface area (Å²) in [5.41, 5.74) is 9.74. The number of para-hydroxylation sites is 1. The zero-order valence-corrected chi connectivity index (χ0v) is 23.9. The minimum absolute atomic E-state index is 0.120. The molecule has 0 bridgehead atoms. The van der Waals surface area contributed by atoms with Crippen molar-refractivity contribution in [1.29, 1.82) is 0 Å². The topological polar surface area (TPSA) is 53.4 Å². The molecule has 3 aromatic carbocycles. The van der Waals surface area contributed by atoms with E-state index in [1.54, 1.807) is 0 Å². The van der Waals surface area contributed by atoms with Crippen LogP contribution in [0.3, 0.4) is 0 Å². The Balaban J connectivity index is 1.45. The predicted molar refractivity (Wildman–Crippen MR) is 158 cm³/mol. The number of aryl methyl sites for hydroxylation is 4. The first-order valence-electron chi connectivity index (χ1n) is 13.9. The van der Waals surface area contributed by atoms with Gasteiger partial charge in [0.05, 0.1) is 19.8 Å². The first-order valence-corrected chi connectivity index (χ1v) is 13.9. The monoisotopic (exact) mass is 524 g/mol. The fourth-order valence-corrected chi connectivity index (χ4v) is 5.22. The van der Waals surface area contributed by atoms with E-state index in [-0.39, 0.29) is 5.97 Å². The van der Waals surface area contributed by atoms with Crippen LogP contribution in [-0.2, 0) is 16.1 Å². The van der Waals surface area contributed by atoms with Gasteiger partial charge in [0.1, 0.15) is 11.6 Å². The summed E-state index contributed by atoms with van der Waals surface area (Å²) in [7, 11) is 0. The number of ether oxygens (including phenoxy) is 2. The first-order chi connectivity index (χ1) is 18.9. The van der Waals surface area contributed by atoms with E-state index in [2.05, 4.69) is 80.8 Å². The lowest BCUT2D eigenvalue weighted by Crippen LogP contribution is -2.07. The minimum atomic E-state index is -0.120. The Bertz CT molecular complexity index is 1380. The molecular weight excluding hydrogens is 484 g/mol. The predicted octanol–water partition coefficient (Wildman–Crippen LogP) is 8.00. The van der Waals surface area contributed by atoms with Crippen LogP contribution in [0.15, 0.2) is 66.9 Å². The molecule has 0 spiro atoms. The molecule has 0 fully saturated rings. The molecule has 0 amide bonds. The Morgan fingerprint density at radius 3 is 2.28 bits per heavy atom. The van der Waals surface area contributed by atoms with Crippen LogP contribution in [0.1, 0.15) is 60.6 Å². The van der Waals surface area contributed by atoms with Crippen LogP contribution in [-0.4, -0.2) is 28.7 Å². The molecule has 204 valence electrons. The molecule has 39 heavy (non-hydrogen) atoms. The molecule has 4 aromatic rings. The summed E-state index contributed by atoms with van der Waals surface area (Å²) >= 11 is 0. The van der Waals surface area contributed by atoms with Gasteiger partial charge in [0.2, 0.25) is 0 Å². The third kappa shape index (κ3) is 7.17. The normalized spacial score (nSPS) is 11.0. The van der Waals surface area contributed by atoms with E-state index >= 15 is 0 Å². The second-order valence-corrected chi connectivity index (χ2v) is 10.2. The number of imidazole rings is 1. The molecule has 1 heterocycles. The maximum absolute atomic E-state index is 11.5. The number of carbonyl (C=O) groups excluding carboxylic acids is 1. The Labute approximate surface area is 232 Å². The van der Waals surface area contributed by atoms with Gasteiger partial charge in [0.25, 0.3) is 0 Å². The summed E-state index contributed by atoms with van der Waals surface area (Å²) in [6, 6.07) is 21.4. The number of esters is 1. The Morgan fingerprint density at radius 2 is 1.56 bits per heavy atom. The number of rotatable bonds is 12. The highest BCUT2D eigenvalue weighted by Crippen LogP contribution is 2.31. The van der Waals surface area contributed by atoms with Crippen LogP contribution in [0, 0.1) is 27.7 Å². The van der Waals surface area contributed by atoms with Crippen molar-refractivity contribution in [2.24, 2.45) is 0 Å². The van der Waals surface area contributed by atoms with Gasteiger partial charge >= 0.3 is 5.97 Å². The molecule has 0 radical (unpaired) electrons. The summed E-state index contributed by atoms with van der Waals surface area (Å²) in [5.74, 6) is 1.72. The van der Waals surface area contributed by atoms with E-state index in [1.807, 2.05) is 25.3 Å². The fraction of sp³-hybridized carbons (Fsp3) is 0.353. The third-order valence-electron chi connectivity index (χ3n) is 7.05. The summed E-state index contributed by atoms with van der Waals surface area (Å²) in [6.45, 7) is 12.2. The van der Waals surface area contributed by atoms with E-state index < -0.39 is 0 Å². The molecular formula is C34H40N2O3. The van der Waals surface area contributed by atoms with Gasteiger partial charge in [0, 0.05) is 29.4 Å². The molecule has 0 aliphatic heterocycles. The van der Waals surface area contributed by atoms with Gasteiger partial charge in [-0.3, -0.25) is 4.79 Å². The number of unbranched alkanes of at least 4 members (excludes halogenated alkanes) is 2. The van der Waals surface area contributed by atoms with Crippen molar-refractivity contribution in [3.8, 4) is 28.3 Å². The van der Waals surface area contributed by atoms with Gasteiger partial charge in [-0.1, -0.05) is 60.2 Å². The van der Waals surface area contributed by atoms with Crippen LogP contribution in [0.25, 0.3) is 22.5 Å². The smallest absolute Gasteiger partial charge is 0.305 e. The van der Waals surface area contributed by atoms with E-state index in [1.165, 1.54) is 27.8 Å². The zero-order valence-electron chi connectivity index (χ0n) is 23.9. The van der Waals surface area contributed by atoms with Crippen LogP contribution in [0.5, 0.6) is 5.75 Å². The number of benzene rings is 3. The highest BCUT2D eigenvalue weighted by Gasteiger charge is 2.14. The molecule has 0 saturated carbocycles. The average Bonchev–Trinajstić information content (AvgIpc) is 3.26. The van der Waals surface area contributed by atoms with Gasteiger partial charge in [-0.05, 0) is 82.2 Å². The second-order valence-electron chi connectivity index (χ2n) is 10.2. The molecule has 0 aliphatic rings. The van der Waals surface area contributed by atoms with Gasteiger partial charge in [-0.25, -0.2) is 4.98 Å². The van der Waals surface area contributed by atoms with Gasteiger partial charge in [0.15, 0.2) is 0 Å². The lowest BCUT2D eigenvalue weighted by Gasteiger charge is -2.16. The molecule has 0 unspecified atom stereocenters. The van der Waals surface area contributed by atoms with E-state index in [9.17, 15) is 4.79 Å². The number of hydrogen-bond acceptors (Lipinski definition) is 4. The van der Waals surface area contributed by atoms with Crippen LogP contribution >= 0.6 is 0 Å². The van der Waals surface area contributed by atoms with Gasteiger partial charge in [-0.15, -0.1) is 0 Å². The molecule has 4 rings (SSSR count). The van der Waals surface area contributed by atoms with Gasteiger partial charge < -0.3 is 14.0 Å². The maximum Gasteiger partial charge on any atom is 0.305 e. The highest BCUT2D eigenvalue weighted by molar-refractivity contribution is 5.73. The highest BCUT2D eigenvalue weighted by atomic mass is 16.5. The quantitative estimate of drug-likeness (QED) is 0.139. The van der Waals surface area contributed by atoms with Crippen molar-refractivity contribution in [1.82, 2.24) is 9.55 Å². The number of aromatic nitrogens is 2. The third-order valence-corrected chi connectivity index (χ3v) is 7.05. The Morgan fingerprint density at radius 1 is 0.872 bits per heavy atom. The van der Waals surface area contributed by atoms with E-state index in [4.69, 9.17) is 14.5 Å². The molecule has 1 aromatic heterocycles. The van der Waals surface area contributed by atoms with E-state index in [0.29, 0.717) is 26.2 Å². The SMILES string of the molecule is CCOC(=O)CCCCCOc1ccccc1Cn1c(C)cnc1-c1ccc(-c2c(C)cc(C)cc2C)cc1. The van der Waals surface area contributed by atoms with Crippen molar-refractivity contribution in [2.75, 3.05) is 13.2 Å². The summed E-state index contributed by atoms with van der Waals surface area (Å²) < 4.78 is 13.4. The maximum atomic E-state index is 11.5. The molecule has 0 saturated heterocycles. The molecule has 5 heteroatoms. The number of hydrogen-bond donors (Lipinski definition) is 0. The zero-order chi connectivity index (χ0) is 27.8. The lowest BCUT2D eigenvalue weighted by molar-refractivity contribution is -0.143. The number of nitrogens with zero attached hydrogens (tertiary/aromatic N) is 2. The van der Waals surface area contributed by atoms with Crippen molar-refractivity contribution in [3.05, 3.63) is 94.8 Å². The molecule has 0 aliphatic carbocycles. The summed E-state index contributed by atoms with van der Waals surface area (Å²) in [5, 5.41) is 0. The molecule has 0 atom stereocenters. The number of carbonyl (C=O) groups is 1. The summed E-state index contributed by atoms with van der Waals surface area (Å²) in [6.07, 6.45) is 5.06. The van der Waals surface area contributed by atoms with Crippen molar-refractivity contribution in [2.45, 2.75) is 66.8 Å². The van der Waals surface area contributed by atoms with Crippen LogP contribution < -0.4 is 4.74 Å². The van der Waals surface area contributed by atoms with Crippen molar-refractivity contribution < 1.29 is 14.3 Å². The van der Waals surface area contributed by atoms with Crippen LogP contribution in [0.2, 0.25) is 0 Å². The molecule has 0 N–H and O–H groups in total. The van der Waals surface area contributed by atoms with Crippen molar-refractivity contribution in [3.63, 3.8) is 0 Å². The van der Waals surface area contributed by atoms with E-state index in [0.717, 1.165) is 47.7 Å². The molecule has 5 nitrogen and oxygen atoms in total. The van der Waals surface area contributed by atoms with Gasteiger partial charge in [-0.2, -0.15) is 0 Å². The Hall–Kier alpha value is -3.86. The second kappa shape index (κ2) is 13.3. The van der Waals surface area contributed by atoms with Crippen molar-refractivity contribution >= 4 is 5.97 Å². The summed E-state index contributed by atoms with van der Waals surface area (Å²) in [4.78, 5) is 16.3. The largest absolute Gasteiger partial charge is 0.493 e. The first kappa shape index (κ1) is 28.2.